The minimum absolute atomic E-state index is 0.477. The van der Waals surface area contributed by atoms with Crippen LogP contribution in [-0.2, 0) is 0 Å². The predicted molar refractivity (Wildman–Crippen MR) is 73.8 cm³/mol. The number of piperidine rings is 1. The lowest BCUT2D eigenvalue weighted by Crippen LogP contribution is -2.36. The van der Waals surface area contributed by atoms with E-state index in [-0.39, 0.29) is 0 Å². The molecule has 0 saturated carbocycles. The topological polar surface area (TPSA) is 25.4 Å². The van der Waals surface area contributed by atoms with Crippen LogP contribution in [0.15, 0.2) is 18.3 Å². The van der Waals surface area contributed by atoms with Crippen molar-refractivity contribution in [2.75, 3.05) is 20.2 Å². The van der Waals surface area contributed by atoms with Gasteiger partial charge in [0.1, 0.15) is 0 Å². The van der Waals surface area contributed by atoms with Crippen molar-refractivity contribution >= 4 is 0 Å². The zero-order valence-electron chi connectivity index (χ0n) is 11.7. The first kappa shape index (κ1) is 13.3. The highest BCUT2D eigenvalue weighted by Crippen LogP contribution is 2.35. The van der Waals surface area contributed by atoms with Crippen molar-refractivity contribution in [3.05, 3.63) is 23.9 Å². The Hall–Kier alpha value is -1.09. The minimum Gasteiger partial charge on any atom is -0.481 e. The summed E-state index contributed by atoms with van der Waals surface area (Å²) in [6, 6.07) is 4.65. The summed E-state index contributed by atoms with van der Waals surface area (Å²) in [4.78, 5) is 6.93. The number of nitrogens with zero attached hydrogens (tertiary/aromatic N) is 2. The molecule has 3 nitrogen and oxygen atoms in total. The Morgan fingerprint density at radius 1 is 1.44 bits per heavy atom. The number of likely N-dealkylation sites (tertiary alicyclic amines) is 1. The van der Waals surface area contributed by atoms with Crippen LogP contribution in [0, 0.1) is 5.92 Å². The van der Waals surface area contributed by atoms with Crippen LogP contribution >= 0.6 is 0 Å². The molecule has 0 N–H and O–H groups in total. The normalized spacial score (nSPS) is 21.2. The first-order valence-electron chi connectivity index (χ1n) is 6.95. The summed E-state index contributed by atoms with van der Waals surface area (Å²) >= 11 is 0. The molecule has 1 aliphatic heterocycles. The molecule has 0 aliphatic carbocycles. The van der Waals surface area contributed by atoms with Crippen molar-refractivity contribution in [2.24, 2.45) is 5.92 Å². The van der Waals surface area contributed by atoms with E-state index in [0.29, 0.717) is 12.0 Å². The Bertz CT molecular complexity index is 379. The van der Waals surface area contributed by atoms with Crippen LogP contribution in [0.25, 0.3) is 0 Å². The number of methoxy groups -OCH3 is 1. The van der Waals surface area contributed by atoms with E-state index in [9.17, 15) is 0 Å². The Labute approximate surface area is 110 Å². The van der Waals surface area contributed by atoms with Gasteiger partial charge in [0.05, 0.1) is 7.11 Å². The van der Waals surface area contributed by atoms with Gasteiger partial charge in [0, 0.05) is 24.3 Å². The largest absolute Gasteiger partial charge is 0.481 e. The first-order chi connectivity index (χ1) is 8.72. The van der Waals surface area contributed by atoms with Crippen LogP contribution in [0.2, 0.25) is 0 Å². The van der Waals surface area contributed by atoms with Crippen molar-refractivity contribution in [1.82, 2.24) is 9.88 Å². The second-order valence-corrected chi connectivity index (χ2v) is 5.50. The average Bonchev–Trinajstić information content (AvgIpc) is 2.39. The van der Waals surface area contributed by atoms with Crippen molar-refractivity contribution in [1.29, 1.82) is 0 Å². The van der Waals surface area contributed by atoms with Crippen molar-refractivity contribution < 1.29 is 4.74 Å². The lowest BCUT2D eigenvalue weighted by molar-refractivity contribution is 0.129. The fourth-order valence-corrected chi connectivity index (χ4v) is 2.86. The molecule has 1 atom stereocenters. The standard InChI is InChI=1S/C15H24N2O/c1-12(2)11-17-10-5-4-8-14(17)13-7-6-9-16-15(13)18-3/h6-7,9,12,14H,4-5,8,10-11H2,1-3H3/t14-/m0/s1. The summed E-state index contributed by atoms with van der Waals surface area (Å²) in [6.07, 6.45) is 5.63. The summed E-state index contributed by atoms with van der Waals surface area (Å²) in [5.74, 6) is 1.49. The number of rotatable bonds is 4. The third-order valence-electron chi connectivity index (χ3n) is 3.57. The molecule has 0 unspecified atom stereocenters. The highest BCUT2D eigenvalue weighted by atomic mass is 16.5. The molecule has 1 aliphatic rings. The number of pyridine rings is 1. The molecule has 0 bridgehead atoms. The molecule has 2 heterocycles. The monoisotopic (exact) mass is 248 g/mol. The van der Waals surface area contributed by atoms with E-state index in [1.807, 2.05) is 6.07 Å². The van der Waals surface area contributed by atoms with Crippen molar-refractivity contribution in [2.45, 2.75) is 39.2 Å². The quantitative estimate of drug-likeness (QED) is 0.817. The van der Waals surface area contributed by atoms with E-state index in [2.05, 4.69) is 29.8 Å². The zero-order valence-corrected chi connectivity index (χ0v) is 11.7. The summed E-state index contributed by atoms with van der Waals surface area (Å²) < 4.78 is 5.41. The molecule has 0 amide bonds. The van der Waals surface area contributed by atoms with Gasteiger partial charge in [0.2, 0.25) is 5.88 Å². The van der Waals surface area contributed by atoms with Gasteiger partial charge in [-0.1, -0.05) is 26.3 Å². The summed E-state index contributed by atoms with van der Waals surface area (Å²) in [6.45, 7) is 6.92. The molecule has 2 rings (SSSR count). The van der Waals surface area contributed by atoms with Crippen molar-refractivity contribution in [3.63, 3.8) is 0 Å². The predicted octanol–water partition coefficient (Wildman–Crippen LogP) is 3.27. The third-order valence-corrected chi connectivity index (χ3v) is 3.57. The van der Waals surface area contributed by atoms with E-state index in [1.165, 1.54) is 31.4 Å². The average molecular weight is 248 g/mol. The van der Waals surface area contributed by atoms with Crippen LogP contribution in [0.1, 0.15) is 44.7 Å². The molecular formula is C15H24N2O. The van der Waals surface area contributed by atoms with Gasteiger partial charge < -0.3 is 4.74 Å². The van der Waals surface area contributed by atoms with E-state index in [4.69, 9.17) is 4.74 Å². The molecule has 100 valence electrons. The SMILES string of the molecule is COc1ncccc1[C@@H]1CCCCN1CC(C)C. The molecule has 18 heavy (non-hydrogen) atoms. The van der Waals surface area contributed by atoms with Crippen LogP contribution in [0.3, 0.4) is 0 Å². The van der Waals surface area contributed by atoms with E-state index in [0.717, 1.165) is 12.4 Å². The Balaban J connectivity index is 2.22. The summed E-state index contributed by atoms with van der Waals surface area (Å²) in [7, 11) is 1.71. The fraction of sp³-hybridized carbons (Fsp3) is 0.667. The Morgan fingerprint density at radius 3 is 3.00 bits per heavy atom. The Morgan fingerprint density at radius 2 is 2.28 bits per heavy atom. The molecule has 1 saturated heterocycles. The maximum absolute atomic E-state index is 5.41. The van der Waals surface area contributed by atoms with Gasteiger partial charge in [-0.25, -0.2) is 4.98 Å². The summed E-state index contributed by atoms with van der Waals surface area (Å²) in [5, 5.41) is 0. The minimum atomic E-state index is 0.477. The van der Waals surface area contributed by atoms with Crippen LogP contribution in [-0.4, -0.2) is 30.1 Å². The highest BCUT2D eigenvalue weighted by molar-refractivity contribution is 5.29. The molecule has 0 aromatic carbocycles. The molecule has 3 heteroatoms. The lowest BCUT2D eigenvalue weighted by Gasteiger charge is -2.37. The van der Waals surface area contributed by atoms with Crippen LogP contribution in [0.4, 0.5) is 0 Å². The number of aromatic nitrogens is 1. The molecule has 1 aromatic heterocycles. The van der Waals surface area contributed by atoms with Crippen LogP contribution in [0.5, 0.6) is 5.88 Å². The van der Waals surface area contributed by atoms with E-state index < -0.39 is 0 Å². The van der Waals surface area contributed by atoms with Gasteiger partial charge in [-0.15, -0.1) is 0 Å². The second kappa shape index (κ2) is 6.19. The number of hydrogen-bond donors (Lipinski definition) is 0. The third kappa shape index (κ3) is 3.02. The second-order valence-electron chi connectivity index (χ2n) is 5.50. The summed E-state index contributed by atoms with van der Waals surface area (Å²) in [5.41, 5.74) is 1.25. The van der Waals surface area contributed by atoms with Gasteiger partial charge in [-0.3, -0.25) is 4.90 Å². The molecule has 1 aromatic rings. The molecule has 0 radical (unpaired) electrons. The first-order valence-corrected chi connectivity index (χ1v) is 6.95. The van der Waals surface area contributed by atoms with E-state index in [1.54, 1.807) is 13.3 Å². The highest BCUT2D eigenvalue weighted by Gasteiger charge is 2.26. The Kier molecular flexibility index (Phi) is 4.59. The van der Waals surface area contributed by atoms with Gasteiger partial charge >= 0.3 is 0 Å². The fourth-order valence-electron chi connectivity index (χ4n) is 2.86. The maximum Gasteiger partial charge on any atom is 0.217 e. The number of ether oxygens (including phenoxy) is 1. The van der Waals surface area contributed by atoms with E-state index >= 15 is 0 Å². The molecule has 1 fully saturated rings. The zero-order chi connectivity index (χ0) is 13.0. The maximum atomic E-state index is 5.41. The van der Waals surface area contributed by atoms with Gasteiger partial charge in [-0.2, -0.15) is 0 Å². The van der Waals surface area contributed by atoms with Crippen molar-refractivity contribution in [3.8, 4) is 5.88 Å². The lowest BCUT2D eigenvalue weighted by atomic mass is 9.95. The van der Waals surface area contributed by atoms with Gasteiger partial charge in [0.25, 0.3) is 0 Å². The smallest absolute Gasteiger partial charge is 0.217 e. The van der Waals surface area contributed by atoms with Gasteiger partial charge in [-0.05, 0) is 31.4 Å². The van der Waals surface area contributed by atoms with Gasteiger partial charge in [0.15, 0.2) is 0 Å². The number of hydrogen-bond acceptors (Lipinski definition) is 3. The van der Waals surface area contributed by atoms with Crippen LogP contribution < -0.4 is 4.74 Å². The molecular weight excluding hydrogens is 224 g/mol. The molecule has 0 spiro atoms.